The summed E-state index contributed by atoms with van der Waals surface area (Å²) in [4.78, 5) is 14.7. The summed E-state index contributed by atoms with van der Waals surface area (Å²) in [5.41, 5.74) is 2.27. The number of aromatic nitrogens is 1. The molecule has 1 aromatic carbocycles. The van der Waals surface area contributed by atoms with Crippen molar-refractivity contribution in [3.63, 3.8) is 0 Å². The van der Waals surface area contributed by atoms with E-state index >= 15 is 0 Å². The second-order valence-corrected chi connectivity index (χ2v) is 4.00. The molecule has 3 nitrogen and oxygen atoms in total. The normalized spacial score (nSPS) is 10.2. The smallest absolute Gasteiger partial charge is 0.309 e. The lowest BCUT2D eigenvalue weighted by atomic mass is 10.1. The number of rotatable bonds is 3. The fraction of sp³-hybridized carbons (Fsp3) is 0.0769. The monoisotopic (exact) mass is 247 g/mol. The van der Waals surface area contributed by atoms with Crippen LogP contribution in [0, 0.1) is 0 Å². The van der Waals surface area contributed by atoms with Crippen LogP contribution in [0.4, 0.5) is 0 Å². The maximum Gasteiger partial charge on any atom is 0.309 e. The minimum atomic E-state index is -0.938. The fourth-order valence-corrected chi connectivity index (χ4v) is 1.76. The molecule has 0 radical (unpaired) electrons. The predicted octanol–water partition coefficient (Wildman–Crippen LogP) is 3.03. The second kappa shape index (κ2) is 4.97. The molecule has 0 aliphatic carbocycles. The minimum Gasteiger partial charge on any atom is -0.481 e. The van der Waals surface area contributed by atoms with E-state index in [-0.39, 0.29) is 6.42 Å². The van der Waals surface area contributed by atoms with Crippen LogP contribution >= 0.6 is 11.6 Å². The Hall–Kier alpha value is -1.87. The van der Waals surface area contributed by atoms with Crippen molar-refractivity contribution >= 4 is 17.6 Å². The molecule has 17 heavy (non-hydrogen) atoms. The van der Waals surface area contributed by atoms with E-state index in [2.05, 4.69) is 4.98 Å². The Bertz CT molecular complexity index is 540. The van der Waals surface area contributed by atoms with E-state index < -0.39 is 5.97 Å². The molecule has 1 N–H and O–H groups in total. The van der Waals surface area contributed by atoms with Crippen molar-refractivity contribution in [2.75, 3.05) is 0 Å². The van der Waals surface area contributed by atoms with E-state index in [4.69, 9.17) is 16.7 Å². The van der Waals surface area contributed by atoms with Gasteiger partial charge in [-0.2, -0.15) is 0 Å². The molecule has 0 aliphatic heterocycles. The molecule has 4 heteroatoms. The van der Waals surface area contributed by atoms with E-state index in [1.165, 1.54) is 0 Å². The van der Waals surface area contributed by atoms with Crippen molar-refractivity contribution in [2.24, 2.45) is 0 Å². The van der Waals surface area contributed by atoms with Crippen molar-refractivity contribution in [3.05, 3.63) is 53.3 Å². The van der Waals surface area contributed by atoms with Crippen LogP contribution in [0.5, 0.6) is 0 Å². The second-order valence-electron chi connectivity index (χ2n) is 3.59. The molecule has 0 bridgehead atoms. The largest absolute Gasteiger partial charge is 0.481 e. The van der Waals surface area contributed by atoms with Crippen LogP contribution in [0.1, 0.15) is 5.69 Å². The molecule has 2 rings (SSSR count). The molecule has 0 spiro atoms. The van der Waals surface area contributed by atoms with E-state index in [1.807, 2.05) is 30.3 Å². The number of benzene rings is 1. The average Bonchev–Trinajstić information content (AvgIpc) is 2.32. The van der Waals surface area contributed by atoms with Crippen LogP contribution in [0.3, 0.4) is 0 Å². The van der Waals surface area contributed by atoms with E-state index in [9.17, 15) is 4.79 Å². The Morgan fingerprint density at radius 3 is 2.53 bits per heavy atom. The zero-order chi connectivity index (χ0) is 12.3. The van der Waals surface area contributed by atoms with Crippen molar-refractivity contribution in [3.8, 4) is 11.1 Å². The van der Waals surface area contributed by atoms with E-state index in [0.717, 1.165) is 11.1 Å². The van der Waals surface area contributed by atoms with Gasteiger partial charge in [-0.1, -0.05) is 41.9 Å². The molecule has 1 heterocycles. The van der Waals surface area contributed by atoms with Crippen molar-refractivity contribution in [1.29, 1.82) is 0 Å². The molecular weight excluding hydrogens is 238 g/mol. The number of pyridine rings is 1. The Balaban J connectivity index is 2.34. The Kier molecular flexibility index (Phi) is 3.40. The number of carbonyl (C=O) groups is 1. The highest BCUT2D eigenvalue weighted by molar-refractivity contribution is 6.31. The van der Waals surface area contributed by atoms with Crippen molar-refractivity contribution < 1.29 is 9.90 Å². The van der Waals surface area contributed by atoms with Gasteiger partial charge in [-0.05, 0) is 11.6 Å². The Morgan fingerprint density at radius 1 is 1.24 bits per heavy atom. The van der Waals surface area contributed by atoms with E-state index in [0.29, 0.717) is 10.7 Å². The number of hydrogen-bond donors (Lipinski definition) is 1. The van der Waals surface area contributed by atoms with Gasteiger partial charge in [-0.25, -0.2) is 0 Å². The third-order valence-electron chi connectivity index (χ3n) is 2.34. The maximum absolute atomic E-state index is 10.6. The molecule has 1 aromatic heterocycles. The molecule has 0 aliphatic rings. The van der Waals surface area contributed by atoms with Crippen LogP contribution in [0.2, 0.25) is 5.02 Å². The van der Waals surface area contributed by atoms with Crippen LogP contribution in [-0.4, -0.2) is 16.1 Å². The summed E-state index contributed by atoms with van der Waals surface area (Å²) >= 11 is 6.00. The van der Waals surface area contributed by atoms with Crippen molar-refractivity contribution in [2.45, 2.75) is 6.42 Å². The summed E-state index contributed by atoms with van der Waals surface area (Å²) in [6.45, 7) is 0. The standard InChI is InChI=1S/C13H10ClNO2/c14-11-6-10(9-4-2-1-3-5-9)8-15-12(11)7-13(16)17/h1-6,8H,7H2,(H,16,17). The number of carboxylic acids is 1. The highest BCUT2D eigenvalue weighted by atomic mass is 35.5. The van der Waals surface area contributed by atoms with Crippen LogP contribution in [-0.2, 0) is 11.2 Å². The van der Waals surface area contributed by atoms with Gasteiger partial charge >= 0.3 is 5.97 Å². The zero-order valence-corrected chi connectivity index (χ0v) is 9.69. The molecular formula is C13H10ClNO2. The molecule has 0 saturated heterocycles. The molecule has 0 saturated carbocycles. The topological polar surface area (TPSA) is 50.2 Å². The lowest BCUT2D eigenvalue weighted by Crippen LogP contribution is -2.03. The summed E-state index contributed by atoms with van der Waals surface area (Å²) in [5, 5.41) is 9.06. The third-order valence-corrected chi connectivity index (χ3v) is 2.67. The summed E-state index contributed by atoms with van der Waals surface area (Å²) in [6, 6.07) is 11.4. The first-order valence-electron chi connectivity index (χ1n) is 5.08. The minimum absolute atomic E-state index is 0.159. The Morgan fingerprint density at radius 2 is 1.94 bits per heavy atom. The van der Waals surface area contributed by atoms with Gasteiger partial charge in [0.15, 0.2) is 0 Å². The van der Waals surface area contributed by atoms with Gasteiger partial charge in [0.05, 0.1) is 17.1 Å². The lowest BCUT2D eigenvalue weighted by Gasteiger charge is -2.04. The SMILES string of the molecule is O=C(O)Cc1ncc(-c2ccccc2)cc1Cl. The summed E-state index contributed by atoms with van der Waals surface area (Å²) in [6.07, 6.45) is 1.48. The molecule has 0 fully saturated rings. The van der Waals surface area contributed by atoms with Gasteiger partial charge in [0, 0.05) is 11.8 Å². The first-order valence-corrected chi connectivity index (χ1v) is 5.46. The molecule has 0 unspecified atom stereocenters. The van der Waals surface area contributed by atoms with Gasteiger partial charge in [0.1, 0.15) is 0 Å². The lowest BCUT2D eigenvalue weighted by molar-refractivity contribution is -0.136. The molecule has 86 valence electrons. The number of aliphatic carboxylic acids is 1. The fourth-order valence-electron chi connectivity index (χ4n) is 1.53. The highest BCUT2D eigenvalue weighted by Gasteiger charge is 2.08. The Labute approximate surface area is 104 Å². The molecule has 0 atom stereocenters. The first-order chi connectivity index (χ1) is 8.16. The molecule has 2 aromatic rings. The summed E-state index contributed by atoms with van der Waals surface area (Å²) in [5.74, 6) is -0.938. The van der Waals surface area contributed by atoms with Gasteiger partial charge in [0.25, 0.3) is 0 Å². The van der Waals surface area contributed by atoms with Gasteiger partial charge in [0.2, 0.25) is 0 Å². The first kappa shape index (κ1) is 11.6. The van der Waals surface area contributed by atoms with E-state index in [1.54, 1.807) is 12.3 Å². The van der Waals surface area contributed by atoms with Crippen LogP contribution < -0.4 is 0 Å². The third kappa shape index (κ3) is 2.82. The average molecular weight is 248 g/mol. The summed E-state index contributed by atoms with van der Waals surface area (Å²) in [7, 11) is 0. The molecule has 0 amide bonds. The van der Waals surface area contributed by atoms with Crippen LogP contribution in [0.25, 0.3) is 11.1 Å². The number of hydrogen-bond acceptors (Lipinski definition) is 2. The zero-order valence-electron chi connectivity index (χ0n) is 8.93. The summed E-state index contributed by atoms with van der Waals surface area (Å²) < 4.78 is 0. The highest BCUT2D eigenvalue weighted by Crippen LogP contribution is 2.23. The maximum atomic E-state index is 10.6. The number of nitrogens with zero attached hydrogens (tertiary/aromatic N) is 1. The number of halogens is 1. The quantitative estimate of drug-likeness (QED) is 0.907. The number of carboxylic acid groups (broad SMARTS) is 1. The van der Waals surface area contributed by atoms with Crippen LogP contribution in [0.15, 0.2) is 42.6 Å². The van der Waals surface area contributed by atoms with Gasteiger partial charge < -0.3 is 5.11 Å². The van der Waals surface area contributed by atoms with Gasteiger partial charge in [-0.3, -0.25) is 9.78 Å². The van der Waals surface area contributed by atoms with Crippen molar-refractivity contribution in [1.82, 2.24) is 4.98 Å². The van der Waals surface area contributed by atoms with Gasteiger partial charge in [-0.15, -0.1) is 0 Å². The predicted molar refractivity (Wildman–Crippen MR) is 66.0 cm³/mol.